The van der Waals surface area contributed by atoms with Crippen LogP contribution in [0.3, 0.4) is 0 Å². The molecule has 0 saturated carbocycles. The molecule has 2 nitrogen and oxygen atoms in total. The fourth-order valence-corrected chi connectivity index (χ4v) is 1.88. The van der Waals surface area contributed by atoms with E-state index in [0.29, 0.717) is 9.99 Å². The minimum absolute atomic E-state index is 0.0683. The lowest BCUT2D eigenvalue weighted by atomic mass is 10.2. The molecule has 0 spiro atoms. The number of rotatable bonds is 0. The van der Waals surface area contributed by atoms with E-state index in [9.17, 15) is 4.39 Å². The number of hydrogen-bond acceptors (Lipinski definition) is 1. The van der Waals surface area contributed by atoms with Crippen LogP contribution in [-0.2, 0) is 7.05 Å². The van der Waals surface area contributed by atoms with E-state index >= 15 is 0 Å². The van der Waals surface area contributed by atoms with Crippen molar-refractivity contribution >= 4 is 38.4 Å². The number of hydrogen-bond donors (Lipinski definition) is 0. The van der Waals surface area contributed by atoms with Crippen molar-refractivity contribution in [3.05, 3.63) is 27.6 Å². The number of halogens is 3. The minimum Gasteiger partial charge on any atom is -0.275 e. The van der Waals surface area contributed by atoms with Gasteiger partial charge in [0.05, 0.1) is 0 Å². The molecule has 2 rings (SSSR count). The minimum atomic E-state index is -0.459. The van der Waals surface area contributed by atoms with Crippen molar-refractivity contribution in [2.24, 2.45) is 7.05 Å². The number of nitrogens with zero attached hydrogens (tertiary/aromatic N) is 2. The van der Waals surface area contributed by atoms with Crippen molar-refractivity contribution in [1.82, 2.24) is 9.78 Å². The highest BCUT2D eigenvalue weighted by Gasteiger charge is 2.11. The second-order valence-electron chi connectivity index (χ2n) is 2.72. The lowest BCUT2D eigenvalue weighted by Crippen LogP contribution is -1.85. The average Bonchev–Trinajstić information content (AvgIpc) is 2.44. The van der Waals surface area contributed by atoms with Crippen LogP contribution in [0.15, 0.2) is 16.7 Å². The van der Waals surface area contributed by atoms with Crippen LogP contribution in [0.2, 0.25) is 5.02 Å². The third-order valence-corrected chi connectivity index (χ3v) is 2.77. The standard InChI is InChI=1S/C8H5BrClFN2/c1-13-3-4-5(9)2-6(11)7(10)8(4)12-13/h2-3H,1H3. The second-order valence-corrected chi connectivity index (χ2v) is 3.95. The van der Waals surface area contributed by atoms with E-state index < -0.39 is 5.82 Å². The zero-order valence-corrected chi connectivity index (χ0v) is 9.02. The maximum absolute atomic E-state index is 13.1. The van der Waals surface area contributed by atoms with Gasteiger partial charge in [0.15, 0.2) is 0 Å². The van der Waals surface area contributed by atoms with E-state index in [0.717, 1.165) is 5.39 Å². The smallest absolute Gasteiger partial charge is 0.145 e. The van der Waals surface area contributed by atoms with Gasteiger partial charge in [-0.3, -0.25) is 4.68 Å². The maximum Gasteiger partial charge on any atom is 0.145 e. The number of aromatic nitrogens is 2. The molecular formula is C8H5BrClFN2. The zero-order chi connectivity index (χ0) is 9.59. The molecule has 1 aromatic heterocycles. The Labute approximate surface area is 87.4 Å². The third-order valence-electron chi connectivity index (χ3n) is 1.76. The summed E-state index contributed by atoms with van der Waals surface area (Å²) in [6, 6.07) is 1.34. The van der Waals surface area contributed by atoms with Gasteiger partial charge in [-0.15, -0.1) is 0 Å². The van der Waals surface area contributed by atoms with Gasteiger partial charge in [-0.1, -0.05) is 11.6 Å². The third kappa shape index (κ3) is 1.34. The molecule has 0 N–H and O–H groups in total. The molecule has 0 bridgehead atoms. The van der Waals surface area contributed by atoms with Gasteiger partial charge in [0, 0.05) is 23.1 Å². The molecule has 2 aromatic rings. The predicted molar refractivity (Wildman–Crippen MR) is 53.4 cm³/mol. The maximum atomic E-state index is 13.1. The average molecular weight is 263 g/mol. The highest BCUT2D eigenvalue weighted by Crippen LogP contribution is 2.31. The number of benzene rings is 1. The van der Waals surface area contributed by atoms with E-state index in [1.54, 1.807) is 17.9 Å². The molecule has 0 saturated heterocycles. The Morgan fingerprint density at radius 1 is 1.62 bits per heavy atom. The van der Waals surface area contributed by atoms with E-state index in [2.05, 4.69) is 21.0 Å². The van der Waals surface area contributed by atoms with E-state index in [-0.39, 0.29) is 5.02 Å². The molecule has 0 fully saturated rings. The van der Waals surface area contributed by atoms with Crippen LogP contribution in [-0.4, -0.2) is 9.78 Å². The molecule has 0 aliphatic carbocycles. The largest absolute Gasteiger partial charge is 0.275 e. The summed E-state index contributed by atoms with van der Waals surface area (Å²) in [7, 11) is 1.76. The normalized spacial score (nSPS) is 11.1. The van der Waals surface area contributed by atoms with Gasteiger partial charge < -0.3 is 0 Å². The summed E-state index contributed by atoms with van der Waals surface area (Å²) < 4.78 is 15.4. The first kappa shape index (κ1) is 8.97. The molecule has 0 atom stereocenters. The van der Waals surface area contributed by atoms with Gasteiger partial charge in [0.1, 0.15) is 16.4 Å². The van der Waals surface area contributed by atoms with E-state index in [1.165, 1.54) is 6.07 Å². The van der Waals surface area contributed by atoms with Crippen LogP contribution in [0.25, 0.3) is 10.9 Å². The van der Waals surface area contributed by atoms with Crippen LogP contribution in [0, 0.1) is 5.82 Å². The van der Waals surface area contributed by atoms with Gasteiger partial charge in [0.2, 0.25) is 0 Å². The fourth-order valence-electron chi connectivity index (χ4n) is 1.19. The fraction of sp³-hybridized carbons (Fsp3) is 0.125. The van der Waals surface area contributed by atoms with Crippen molar-refractivity contribution in [2.75, 3.05) is 0 Å². The summed E-state index contributed by atoms with van der Waals surface area (Å²) in [5.74, 6) is -0.459. The topological polar surface area (TPSA) is 17.8 Å². The van der Waals surface area contributed by atoms with Crippen molar-refractivity contribution < 1.29 is 4.39 Å². The van der Waals surface area contributed by atoms with Crippen molar-refractivity contribution in [2.45, 2.75) is 0 Å². The van der Waals surface area contributed by atoms with Gasteiger partial charge in [-0.2, -0.15) is 5.10 Å². The lowest BCUT2D eigenvalue weighted by Gasteiger charge is -1.96. The van der Waals surface area contributed by atoms with Gasteiger partial charge in [-0.05, 0) is 22.0 Å². The van der Waals surface area contributed by atoms with Crippen LogP contribution in [0.5, 0.6) is 0 Å². The number of fused-ring (bicyclic) bond motifs is 1. The van der Waals surface area contributed by atoms with Crippen molar-refractivity contribution in [1.29, 1.82) is 0 Å². The van der Waals surface area contributed by atoms with Crippen LogP contribution in [0.1, 0.15) is 0 Å². The Morgan fingerprint density at radius 2 is 2.31 bits per heavy atom. The highest BCUT2D eigenvalue weighted by atomic mass is 79.9. The summed E-state index contributed by atoms with van der Waals surface area (Å²) in [5, 5.41) is 4.93. The molecule has 0 unspecified atom stereocenters. The number of aryl methyl sites for hydroxylation is 1. The molecule has 0 aliphatic heterocycles. The quantitative estimate of drug-likeness (QED) is 0.668. The Balaban J connectivity index is 2.95. The molecule has 0 radical (unpaired) electrons. The SMILES string of the molecule is Cn1cc2c(Br)cc(F)c(Cl)c2n1. The lowest BCUT2D eigenvalue weighted by molar-refractivity contribution is 0.629. The Morgan fingerprint density at radius 3 is 3.00 bits per heavy atom. The molecular weight excluding hydrogens is 258 g/mol. The second kappa shape index (κ2) is 2.96. The summed E-state index contributed by atoms with van der Waals surface area (Å²) in [6.07, 6.45) is 1.78. The predicted octanol–water partition coefficient (Wildman–Crippen LogP) is 3.13. The van der Waals surface area contributed by atoms with Crippen LogP contribution >= 0.6 is 27.5 Å². The zero-order valence-electron chi connectivity index (χ0n) is 6.68. The van der Waals surface area contributed by atoms with Crippen molar-refractivity contribution in [3.63, 3.8) is 0 Å². The van der Waals surface area contributed by atoms with Crippen molar-refractivity contribution in [3.8, 4) is 0 Å². The summed E-state index contributed by atoms with van der Waals surface area (Å²) >= 11 is 8.98. The van der Waals surface area contributed by atoms with E-state index in [1.807, 2.05) is 0 Å². The molecule has 1 aromatic carbocycles. The highest BCUT2D eigenvalue weighted by molar-refractivity contribution is 9.10. The van der Waals surface area contributed by atoms with Gasteiger partial charge >= 0.3 is 0 Å². The van der Waals surface area contributed by atoms with Crippen LogP contribution < -0.4 is 0 Å². The summed E-state index contributed by atoms with van der Waals surface area (Å²) in [6.45, 7) is 0. The van der Waals surface area contributed by atoms with E-state index in [4.69, 9.17) is 11.6 Å². The Hall–Kier alpha value is -0.610. The van der Waals surface area contributed by atoms with Crippen LogP contribution in [0.4, 0.5) is 4.39 Å². The molecule has 1 heterocycles. The first-order valence-corrected chi connectivity index (χ1v) is 4.73. The Bertz CT molecular complexity index is 480. The van der Waals surface area contributed by atoms with Gasteiger partial charge in [0.25, 0.3) is 0 Å². The molecule has 0 aliphatic rings. The first-order chi connectivity index (χ1) is 6.09. The first-order valence-electron chi connectivity index (χ1n) is 3.56. The Kier molecular flexibility index (Phi) is 2.04. The molecule has 13 heavy (non-hydrogen) atoms. The summed E-state index contributed by atoms with van der Waals surface area (Å²) in [4.78, 5) is 0. The van der Waals surface area contributed by atoms with Gasteiger partial charge in [-0.25, -0.2) is 4.39 Å². The molecule has 68 valence electrons. The molecule has 0 amide bonds. The summed E-state index contributed by atoms with van der Waals surface area (Å²) in [5.41, 5.74) is 0.482. The molecule has 5 heteroatoms. The monoisotopic (exact) mass is 262 g/mol.